The number of H-pyrrole nitrogens is 1. The van der Waals surface area contributed by atoms with Crippen LogP contribution >= 0.6 is 0 Å². The molecule has 7 rings (SSSR count). The number of halogens is 1. The summed E-state index contributed by atoms with van der Waals surface area (Å²) in [6.45, 7) is 1.03. The largest absolute Gasteiger partial charge is 0.493 e. The molecule has 10 heteroatoms. The van der Waals surface area contributed by atoms with Crippen molar-refractivity contribution < 1.29 is 28.2 Å². The molecule has 40 heavy (non-hydrogen) atoms. The number of amides is 2. The van der Waals surface area contributed by atoms with Crippen LogP contribution in [0.3, 0.4) is 0 Å². The maximum atomic E-state index is 14.5. The van der Waals surface area contributed by atoms with Gasteiger partial charge in [0, 0.05) is 19.3 Å². The third kappa shape index (κ3) is 4.84. The van der Waals surface area contributed by atoms with Gasteiger partial charge in [0.15, 0.2) is 11.5 Å². The zero-order valence-corrected chi connectivity index (χ0v) is 21.8. The number of nitrogens with zero attached hydrogens (tertiary/aromatic N) is 2. The predicted octanol–water partition coefficient (Wildman–Crippen LogP) is 4.65. The topological polar surface area (TPSA) is 106 Å². The molecule has 0 radical (unpaired) electrons. The van der Waals surface area contributed by atoms with Crippen LogP contribution in [-0.4, -0.2) is 53.7 Å². The van der Waals surface area contributed by atoms with Gasteiger partial charge in [0.05, 0.1) is 25.3 Å². The molecule has 0 fully saturated rings. The molecule has 1 atom stereocenters. The highest BCUT2D eigenvalue weighted by Crippen LogP contribution is 2.41. The minimum absolute atomic E-state index is 0.0973. The Hall–Kier alpha value is -4.86. The van der Waals surface area contributed by atoms with Gasteiger partial charge in [-0.2, -0.15) is 5.10 Å². The van der Waals surface area contributed by atoms with Crippen molar-refractivity contribution in [2.24, 2.45) is 0 Å². The Morgan fingerprint density at radius 2 is 1.95 bits per heavy atom. The van der Waals surface area contributed by atoms with Crippen molar-refractivity contribution in [2.75, 3.05) is 26.8 Å². The van der Waals surface area contributed by atoms with E-state index < -0.39 is 17.8 Å². The van der Waals surface area contributed by atoms with Crippen molar-refractivity contribution in [1.82, 2.24) is 20.4 Å². The van der Waals surface area contributed by atoms with Crippen LogP contribution < -0.4 is 19.5 Å². The summed E-state index contributed by atoms with van der Waals surface area (Å²) in [5, 5.41) is 9.48. The van der Waals surface area contributed by atoms with Gasteiger partial charge in [0.2, 0.25) is 0 Å². The van der Waals surface area contributed by atoms with E-state index in [0.717, 1.165) is 16.7 Å². The first-order chi connectivity index (χ1) is 19.5. The highest BCUT2D eigenvalue weighted by atomic mass is 19.1. The summed E-state index contributed by atoms with van der Waals surface area (Å²) in [7, 11) is 1.56. The van der Waals surface area contributed by atoms with Gasteiger partial charge in [-0.25, -0.2) is 4.39 Å². The molecule has 9 nitrogen and oxygen atoms in total. The van der Waals surface area contributed by atoms with Gasteiger partial charge < -0.3 is 24.4 Å². The molecule has 0 saturated carbocycles. The molecular formula is C30H27FN4O5. The van der Waals surface area contributed by atoms with E-state index >= 15 is 0 Å². The normalized spacial score (nSPS) is 16.7. The zero-order chi connectivity index (χ0) is 27.6. The number of fused-ring (bicyclic) bond motifs is 6. The number of benzene rings is 3. The standard InChI is InChI=1S/C30H27FN4O5/c1-38-26-8-3-19-16-27(26)39-14-2-11-32-29(36)23-17-21(5-7-24(23)31)40-20-4-6-22-18(15-20)10-13-35(28(19)22)30(37)25-9-12-33-34-25/h3-9,12,15-17,28H,2,10-11,13-14H2,1H3,(H,32,36)(H,33,34). The molecule has 0 spiro atoms. The Labute approximate surface area is 229 Å². The lowest BCUT2D eigenvalue weighted by Crippen LogP contribution is -2.40. The highest BCUT2D eigenvalue weighted by Gasteiger charge is 2.34. The molecule has 8 bridgehead atoms. The van der Waals surface area contributed by atoms with Gasteiger partial charge >= 0.3 is 0 Å². The number of rotatable bonds is 2. The molecule has 3 aliphatic rings. The number of methoxy groups -OCH3 is 1. The second-order valence-corrected chi connectivity index (χ2v) is 9.59. The number of aromatic nitrogens is 2. The van der Waals surface area contributed by atoms with E-state index in [1.165, 1.54) is 18.2 Å². The summed E-state index contributed by atoms with van der Waals surface area (Å²) in [5.74, 6) is 0.636. The van der Waals surface area contributed by atoms with E-state index in [0.29, 0.717) is 48.1 Å². The number of hydrogen-bond donors (Lipinski definition) is 2. The third-order valence-corrected chi connectivity index (χ3v) is 7.12. The van der Waals surface area contributed by atoms with Gasteiger partial charge in [-0.15, -0.1) is 0 Å². The van der Waals surface area contributed by atoms with E-state index in [2.05, 4.69) is 15.5 Å². The van der Waals surface area contributed by atoms with Gasteiger partial charge in [0.25, 0.3) is 11.8 Å². The van der Waals surface area contributed by atoms with Crippen molar-refractivity contribution in [2.45, 2.75) is 18.9 Å². The molecule has 1 aromatic heterocycles. The summed E-state index contributed by atoms with van der Waals surface area (Å²) in [6, 6.07) is 16.7. The molecule has 3 aliphatic heterocycles. The summed E-state index contributed by atoms with van der Waals surface area (Å²) >= 11 is 0. The van der Waals surface area contributed by atoms with Crippen LogP contribution in [0, 0.1) is 5.82 Å². The van der Waals surface area contributed by atoms with Crippen LogP contribution in [0.15, 0.2) is 66.9 Å². The van der Waals surface area contributed by atoms with E-state index in [1.54, 1.807) is 19.4 Å². The van der Waals surface area contributed by atoms with Crippen LogP contribution in [-0.2, 0) is 6.42 Å². The Bertz CT molecular complexity index is 1570. The van der Waals surface area contributed by atoms with Crippen LogP contribution in [0.4, 0.5) is 4.39 Å². The SMILES string of the molecule is COc1ccc2cc1OCCCNC(=O)c1cc(ccc1F)Oc1ccc3c(c1)CCN(C(=O)c1ccn[nH]1)C23. The van der Waals surface area contributed by atoms with Crippen molar-refractivity contribution >= 4 is 11.8 Å². The zero-order valence-electron chi connectivity index (χ0n) is 21.8. The highest BCUT2D eigenvalue weighted by molar-refractivity contribution is 5.95. The fourth-order valence-electron chi connectivity index (χ4n) is 5.18. The lowest BCUT2D eigenvalue weighted by molar-refractivity contribution is 0.0688. The fourth-order valence-corrected chi connectivity index (χ4v) is 5.18. The number of ether oxygens (including phenoxy) is 3. The summed E-state index contributed by atoms with van der Waals surface area (Å²) in [5.41, 5.74) is 3.12. The summed E-state index contributed by atoms with van der Waals surface area (Å²) in [4.78, 5) is 28.1. The molecule has 3 aromatic carbocycles. The maximum Gasteiger partial charge on any atom is 0.272 e. The molecule has 0 saturated heterocycles. The first-order valence-electron chi connectivity index (χ1n) is 13.0. The predicted molar refractivity (Wildman–Crippen MR) is 144 cm³/mol. The van der Waals surface area contributed by atoms with Crippen molar-refractivity contribution in [3.63, 3.8) is 0 Å². The smallest absolute Gasteiger partial charge is 0.272 e. The van der Waals surface area contributed by atoms with Crippen molar-refractivity contribution in [3.05, 3.63) is 101 Å². The first-order valence-corrected chi connectivity index (χ1v) is 13.0. The quantitative estimate of drug-likeness (QED) is 0.382. The Balaban J connectivity index is 1.46. The van der Waals surface area contributed by atoms with Gasteiger partial charge in [-0.3, -0.25) is 14.7 Å². The molecule has 0 aliphatic carbocycles. The second kappa shape index (κ2) is 10.7. The first kappa shape index (κ1) is 25.4. The van der Waals surface area contributed by atoms with E-state index in [-0.39, 0.29) is 24.6 Å². The average Bonchev–Trinajstić information content (AvgIpc) is 3.51. The number of carbonyl (C=O) groups is 2. The van der Waals surface area contributed by atoms with E-state index in [9.17, 15) is 14.0 Å². The lowest BCUT2D eigenvalue weighted by atomic mass is 9.87. The summed E-state index contributed by atoms with van der Waals surface area (Å²) < 4.78 is 32.1. The monoisotopic (exact) mass is 542 g/mol. The van der Waals surface area contributed by atoms with E-state index in [4.69, 9.17) is 14.2 Å². The van der Waals surface area contributed by atoms with Crippen molar-refractivity contribution in [3.8, 4) is 23.0 Å². The number of aromatic amines is 1. The molecule has 2 N–H and O–H groups in total. The number of carbonyl (C=O) groups excluding carboxylic acids is 2. The maximum absolute atomic E-state index is 14.5. The minimum atomic E-state index is -0.632. The number of nitrogens with one attached hydrogen (secondary N) is 2. The average molecular weight is 543 g/mol. The van der Waals surface area contributed by atoms with Crippen LogP contribution in [0.25, 0.3) is 0 Å². The van der Waals surface area contributed by atoms with Crippen molar-refractivity contribution in [1.29, 1.82) is 0 Å². The molecule has 204 valence electrons. The molecule has 4 heterocycles. The molecule has 4 aromatic rings. The summed E-state index contributed by atoms with van der Waals surface area (Å²) in [6.07, 6.45) is 2.64. The van der Waals surface area contributed by atoms with Crippen LogP contribution in [0.2, 0.25) is 0 Å². The Morgan fingerprint density at radius 1 is 1.10 bits per heavy atom. The molecular weight excluding hydrogens is 515 g/mol. The second-order valence-electron chi connectivity index (χ2n) is 9.59. The minimum Gasteiger partial charge on any atom is -0.493 e. The van der Waals surface area contributed by atoms with Gasteiger partial charge in [-0.1, -0.05) is 12.1 Å². The lowest BCUT2D eigenvalue weighted by Gasteiger charge is -2.38. The fraction of sp³-hybridized carbons (Fsp3) is 0.233. The Kier molecular flexibility index (Phi) is 6.81. The van der Waals surface area contributed by atoms with Gasteiger partial charge in [0.1, 0.15) is 23.0 Å². The molecule has 2 amide bonds. The Morgan fingerprint density at radius 3 is 2.77 bits per heavy atom. The van der Waals surface area contributed by atoms with Crippen LogP contribution in [0.1, 0.15) is 50.0 Å². The van der Waals surface area contributed by atoms with E-state index in [1.807, 2.05) is 41.3 Å². The van der Waals surface area contributed by atoms with Crippen LogP contribution in [0.5, 0.6) is 23.0 Å². The van der Waals surface area contributed by atoms with Gasteiger partial charge in [-0.05, 0) is 78.1 Å². The third-order valence-electron chi connectivity index (χ3n) is 7.12. The molecule has 1 unspecified atom stereocenters. The number of hydrogen-bond acceptors (Lipinski definition) is 6.